The summed E-state index contributed by atoms with van der Waals surface area (Å²) in [5.41, 5.74) is 3.08. The largest absolute Gasteiger partial charge is 0.313 e. The zero-order valence-electron chi connectivity index (χ0n) is 14.3. The Bertz CT molecular complexity index is 773. The number of amides is 1. The topological polar surface area (TPSA) is 45.2 Å². The Balaban J connectivity index is 1.95. The molecule has 3 rings (SSSR count). The number of pyridine rings is 1. The molecule has 1 aliphatic rings. The molecular weight excluding hydrogens is 322 g/mol. The molecule has 0 spiro atoms. The molecule has 0 saturated heterocycles. The Morgan fingerprint density at radius 2 is 2.04 bits per heavy atom. The molecule has 1 aromatic heterocycles. The number of anilines is 1. The van der Waals surface area contributed by atoms with E-state index in [1.165, 1.54) is 0 Å². The average Bonchev–Trinajstić information content (AvgIpc) is 2.74. The first-order valence-electron chi connectivity index (χ1n) is 8.24. The molecule has 0 fully saturated rings. The summed E-state index contributed by atoms with van der Waals surface area (Å²) in [7, 11) is 0. The fourth-order valence-electron chi connectivity index (χ4n) is 3.25. The van der Waals surface area contributed by atoms with Gasteiger partial charge in [0.1, 0.15) is 0 Å². The van der Waals surface area contributed by atoms with E-state index < -0.39 is 5.54 Å². The van der Waals surface area contributed by atoms with Gasteiger partial charge in [-0.05, 0) is 62.2 Å². The van der Waals surface area contributed by atoms with Crippen LogP contribution in [0.5, 0.6) is 0 Å². The standard InChI is InChI=1S/C19H22ClN3O/c1-4-7-21-10-13-8-15(12-22-11-13)23-18(24)16-6-5-14(20)9-17(16)19(23,2)3/h5-6,8-9,11-12,21H,4,7,10H2,1-3H3. The highest BCUT2D eigenvalue weighted by molar-refractivity contribution is 6.31. The molecule has 0 saturated carbocycles. The third-order valence-electron chi connectivity index (χ3n) is 4.43. The predicted molar refractivity (Wildman–Crippen MR) is 97.5 cm³/mol. The van der Waals surface area contributed by atoms with E-state index in [2.05, 4.69) is 17.2 Å². The number of carbonyl (C=O) groups is 1. The Labute approximate surface area is 147 Å². The van der Waals surface area contributed by atoms with Crippen molar-refractivity contribution in [3.05, 3.63) is 58.4 Å². The van der Waals surface area contributed by atoms with E-state index in [0.717, 1.165) is 36.3 Å². The summed E-state index contributed by atoms with van der Waals surface area (Å²) in [4.78, 5) is 19.1. The van der Waals surface area contributed by atoms with Gasteiger partial charge in [0.25, 0.3) is 5.91 Å². The monoisotopic (exact) mass is 343 g/mol. The number of halogens is 1. The predicted octanol–water partition coefficient (Wildman–Crippen LogP) is 4.13. The Hall–Kier alpha value is -1.91. The van der Waals surface area contributed by atoms with Gasteiger partial charge in [0.2, 0.25) is 0 Å². The van der Waals surface area contributed by atoms with Crippen LogP contribution >= 0.6 is 11.6 Å². The molecule has 0 bridgehead atoms. The molecule has 2 aromatic rings. The first kappa shape index (κ1) is 16.9. The molecule has 5 heteroatoms. The lowest BCUT2D eigenvalue weighted by Gasteiger charge is -2.32. The number of aromatic nitrogens is 1. The Kier molecular flexibility index (Phi) is 4.61. The van der Waals surface area contributed by atoms with E-state index in [4.69, 9.17) is 11.6 Å². The minimum atomic E-state index is -0.464. The van der Waals surface area contributed by atoms with Crippen molar-refractivity contribution in [2.45, 2.75) is 39.3 Å². The van der Waals surface area contributed by atoms with Gasteiger partial charge in [0.05, 0.1) is 17.4 Å². The van der Waals surface area contributed by atoms with E-state index in [1.807, 2.05) is 43.1 Å². The summed E-state index contributed by atoms with van der Waals surface area (Å²) in [6, 6.07) is 7.49. The van der Waals surface area contributed by atoms with Crippen LogP contribution in [0.1, 0.15) is 48.7 Å². The zero-order valence-corrected chi connectivity index (χ0v) is 15.0. The van der Waals surface area contributed by atoms with E-state index in [1.54, 1.807) is 12.3 Å². The number of rotatable bonds is 5. The van der Waals surface area contributed by atoms with Crippen molar-refractivity contribution < 1.29 is 4.79 Å². The maximum Gasteiger partial charge on any atom is 0.259 e. The highest BCUT2D eigenvalue weighted by Gasteiger charge is 2.44. The van der Waals surface area contributed by atoms with Gasteiger partial charge < -0.3 is 5.32 Å². The lowest BCUT2D eigenvalue weighted by Crippen LogP contribution is -2.39. The van der Waals surface area contributed by atoms with Crippen molar-refractivity contribution in [1.29, 1.82) is 0 Å². The molecule has 0 unspecified atom stereocenters. The van der Waals surface area contributed by atoms with Gasteiger partial charge in [-0.3, -0.25) is 14.7 Å². The van der Waals surface area contributed by atoms with Crippen LogP contribution in [0, 0.1) is 0 Å². The van der Waals surface area contributed by atoms with Crippen LogP contribution in [0.4, 0.5) is 5.69 Å². The molecule has 1 amide bonds. The zero-order chi connectivity index (χ0) is 17.3. The van der Waals surface area contributed by atoms with Crippen LogP contribution in [-0.4, -0.2) is 17.4 Å². The fraction of sp³-hybridized carbons (Fsp3) is 0.368. The van der Waals surface area contributed by atoms with E-state index in [9.17, 15) is 4.79 Å². The Morgan fingerprint density at radius 1 is 1.25 bits per heavy atom. The minimum absolute atomic E-state index is 0.00728. The van der Waals surface area contributed by atoms with E-state index >= 15 is 0 Å². The second-order valence-electron chi connectivity index (χ2n) is 6.62. The molecule has 0 radical (unpaired) electrons. The van der Waals surface area contributed by atoms with Crippen molar-refractivity contribution in [3.8, 4) is 0 Å². The van der Waals surface area contributed by atoms with E-state index in [0.29, 0.717) is 10.6 Å². The highest BCUT2D eigenvalue weighted by atomic mass is 35.5. The normalized spacial score (nSPS) is 15.7. The first-order valence-corrected chi connectivity index (χ1v) is 8.62. The summed E-state index contributed by atoms with van der Waals surface area (Å²) in [5, 5.41) is 4.01. The molecule has 4 nitrogen and oxygen atoms in total. The maximum absolute atomic E-state index is 12.9. The summed E-state index contributed by atoms with van der Waals surface area (Å²) in [6.45, 7) is 7.91. The lowest BCUT2D eigenvalue weighted by molar-refractivity contribution is 0.0982. The minimum Gasteiger partial charge on any atom is -0.313 e. The van der Waals surface area contributed by atoms with Crippen LogP contribution < -0.4 is 10.2 Å². The van der Waals surface area contributed by atoms with Crippen molar-refractivity contribution in [2.75, 3.05) is 11.4 Å². The van der Waals surface area contributed by atoms with Gasteiger partial charge in [-0.25, -0.2) is 0 Å². The quantitative estimate of drug-likeness (QED) is 0.830. The van der Waals surface area contributed by atoms with Crippen LogP contribution in [0.15, 0.2) is 36.7 Å². The number of benzene rings is 1. The van der Waals surface area contributed by atoms with Crippen LogP contribution in [0.3, 0.4) is 0 Å². The molecule has 1 aliphatic heterocycles. The molecule has 1 N–H and O–H groups in total. The number of nitrogens with one attached hydrogen (secondary N) is 1. The van der Waals surface area contributed by atoms with Gasteiger partial charge in [-0.2, -0.15) is 0 Å². The van der Waals surface area contributed by atoms with Gasteiger partial charge in [-0.15, -0.1) is 0 Å². The molecule has 1 aromatic carbocycles. The van der Waals surface area contributed by atoms with Gasteiger partial charge in [-0.1, -0.05) is 18.5 Å². The van der Waals surface area contributed by atoms with Gasteiger partial charge in [0.15, 0.2) is 0 Å². The van der Waals surface area contributed by atoms with Crippen molar-refractivity contribution >= 4 is 23.2 Å². The van der Waals surface area contributed by atoms with Crippen molar-refractivity contribution in [1.82, 2.24) is 10.3 Å². The Morgan fingerprint density at radius 3 is 2.79 bits per heavy atom. The summed E-state index contributed by atoms with van der Waals surface area (Å²) < 4.78 is 0. The van der Waals surface area contributed by atoms with Gasteiger partial charge in [0, 0.05) is 23.3 Å². The number of nitrogens with zero attached hydrogens (tertiary/aromatic N) is 2. The second-order valence-corrected chi connectivity index (χ2v) is 7.05. The smallest absolute Gasteiger partial charge is 0.259 e. The molecule has 24 heavy (non-hydrogen) atoms. The van der Waals surface area contributed by atoms with Crippen molar-refractivity contribution in [2.24, 2.45) is 0 Å². The number of carbonyl (C=O) groups excluding carboxylic acids is 1. The van der Waals surface area contributed by atoms with Crippen LogP contribution in [-0.2, 0) is 12.1 Å². The van der Waals surface area contributed by atoms with E-state index in [-0.39, 0.29) is 5.91 Å². The van der Waals surface area contributed by atoms with Crippen LogP contribution in [0.25, 0.3) is 0 Å². The SMILES string of the molecule is CCCNCc1cncc(N2C(=O)c3ccc(Cl)cc3C2(C)C)c1. The highest BCUT2D eigenvalue weighted by Crippen LogP contribution is 2.42. The number of hydrogen-bond acceptors (Lipinski definition) is 3. The van der Waals surface area contributed by atoms with Crippen molar-refractivity contribution in [3.63, 3.8) is 0 Å². The second kappa shape index (κ2) is 6.54. The van der Waals surface area contributed by atoms with Crippen LogP contribution in [0.2, 0.25) is 5.02 Å². The molecule has 0 aliphatic carbocycles. The first-order chi connectivity index (χ1) is 11.4. The summed E-state index contributed by atoms with van der Waals surface area (Å²) in [6.07, 6.45) is 4.67. The third kappa shape index (κ3) is 2.92. The third-order valence-corrected chi connectivity index (χ3v) is 4.66. The summed E-state index contributed by atoms with van der Waals surface area (Å²) >= 11 is 6.14. The molecule has 126 valence electrons. The average molecular weight is 344 g/mol. The molecule has 0 atom stereocenters. The summed E-state index contributed by atoms with van der Waals surface area (Å²) in [5.74, 6) is -0.00728. The molecular formula is C19H22ClN3O. The van der Waals surface area contributed by atoms with Gasteiger partial charge >= 0.3 is 0 Å². The molecule has 2 heterocycles. The lowest BCUT2D eigenvalue weighted by atomic mass is 9.93. The maximum atomic E-state index is 12.9. The fourth-order valence-corrected chi connectivity index (χ4v) is 3.42. The number of hydrogen-bond donors (Lipinski definition) is 1. The number of fused-ring (bicyclic) bond motifs is 1.